The molecule has 2 aromatic heterocycles. The molecule has 1 N–H and O–H groups in total. The van der Waals surface area contributed by atoms with Crippen LogP contribution in [-0.2, 0) is 13.0 Å². The summed E-state index contributed by atoms with van der Waals surface area (Å²) in [7, 11) is 0. The zero-order chi connectivity index (χ0) is 18.8. The van der Waals surface area contributed by atoms with E-state index < -0.39 is 0 Å². The van der Waals surface area contributed by atoms with E-state index in [2.05, 4.69) is 63.3 Å². The quantitative estimate of drug-likeness (QED) is 0.719. The molecule has 27 heavy (non-hydrogen) atoms. The van der Waals surface area contributed by atoms with Crippen LogP contribution >= 0.6 is 11.6 Å². The van der Waals surface area contributed by atoms with Crippen molar-refractivity contribution in [2.75, 3.05) is 16.8 Å². The summed E-state index contributed by atoms with van der Waals surface area (Å²) in [5, 5.41) is 4.21. The molecule has 138 valence electrons. The van der Waals surface area contributed by atoms with Gasteiger partial charge in [0.1, 0.15) is 18.0 Å². The van der Waals surface area contributed by atoms with Gasteiger partial charge < -0.3 is 10.2 Å². The van der Waals surface area contributed by atoms with E-state index in [-0.39, 0.29) is 6.04 Å². The molecule has 0 unspecified atom stereocenters. The maximum absolute atomic E-state index is 5.97. The van der Waals surface area contributed by atoms with E-state index in [9.17, 15) is 0 Å². The van der Waals surface area contributed by atoms with E-state index in [1.807, 2.05) is 12.1 Å². The SMILES string of the molecule is Cc1ccc([C@@H](C)Nc2ncnc3c2CN(c2ccc(Cl)cn2)CC3)cc1. The van der Waals surface area contributed by atoms with Gasteiger partial charge in [-0.25, -0.2) is 15.0 Å². The van der Waals surface area contributed by atoms with Gasteiger partial charge in [-0.2, -0.15) is 0 Å². The molecule has 0 saturated heterocycles. The van der Waals surface area contributed by atoms with Crippen molar-refractivity contribution in [1.29, 1.82) is 0 Å². The van der Waals surface area contributed by atoms with Crippen molar-refractivity contribution >= 4 is 23.2 Å². The maximum Gasteiger partial charge on any atom is 0.135 e. The van der Waals surface area contributed by atoms with Gasteiger partial charge in [-0.05, 0) is 31.5 Å². The zero-order valence-corrected chi connectivity index (χ0v) is 16.2. The van der Waals surface area contributed by atoms with E-state index in [0.29, 0.717) is 5.02 Å². The Hall–Kier alpha value is -2.66. The van der Waals surface area contributed by atoms with Crippen LogP contribution in [-0.4, -0.2) is 21.5 Å². The Balaban J connectivity index is 1.57. The number of aryl methyl sites for hydroxylation is 1. The van der Waals surface area contributed by atoms with Crippen LogP contribution in [0.4, 0.5) is 11.6 Å². The fourth-order valence-electron chi connectivity index (χ4n) is 3.36. The molecule has 0 radical (unpaired) electrons. The lowest BCUT2D eigenvalue weighted by molar-refractivity contribution is 0.694. The predicted octanol–water partition coefficient (Wildman–Crippen LogP) is 4.57. The van der Waals surface area contributed by atoms with Crippen molar-refractivity contribution < 1.29 is 0 Å². The van der Waals surface area contributed by atoms with Gasteiger partial charge >= 0.3 is 0 Å². The number of nitrogens with one attached hydrogen (secondary N) is 1. The number of aromatic nitrogens is 3. The largest absolute Gasteiger partial charge is 0.363 e. The first-order chi connectivity index (χ1) is 13.1. The fraction of sp³-hybridized carbons (Fsp3) is 0.286. The van der Waals surface area contributed by atoms with Gasteiger partial charge in [-0.1, -0.05) is 41.4 Å². The molecule has 5 nitrogen and oxygen atoms in total. The lowest BCUT2D eigenvalue weighted by Gasteiger charge is -2.30. The first-order valence-corrected chi connectivity index (χ1v) is 9.50. The summed E-state index contributed by atoms with van der Waals surface area (Å²) in [6.45, 7) is 5.86. The molecule has 0 amide bonds. The van der Waals surface area contributed by atoms with Crippen molar-refractivity contribution in [3.8, 4) is 0 Å². The van der Waals surface area contributed by atoms with Gasteiger partial charge in [0.05, 0.1) is 10.7 Å². The number of hydrogen-bond acceptors (Lipinski definition) is 5. The van der Waals surface area contributed by atoms with E-state index in [1.54, 1.807) is 12.5 Å². The Morgan fingerprint density at radius 2 is 1.89 bits per heavy atom. The molecule has 3 heterocycles. The number of rotatable bonds is 4. The molecule has 0 fully saturated rings. The molecule has 4 rings (SSSR count). The summed E-state index contributed by atoms with van der Waals surface area (Å²) in [4.78, 5) is 15.7. The first kappa shape index (κ1) is 17.7. The van der Waals surface area contributed by atoms with Crippen LogP contribution in [0.2, 0.25) is 5.02 Å². The minimum absolute atomic E-state index is 0.161. The predicted molar refractivity (Wildman–Crippen MR) is 109 cm³/mol. The smallest absolute Gasteiger partial charge is 0.135 e. The van der Waals surface area contributed by atoms with Crippen LogP contribution in [0.3, 0.4) is 0 Å². The molecule has 0 saturated carbocycles. The Kier molecular flexibility index (Phi) is 4.94. The molecule has 1 aliphatic heterocycles. The molecule has 1 aromatic carbocycles. The number of halogens is 1. The highest BCUT2D eigenvalue weighted by Crippen LogP contribution is 2.28. The van der Waals surface area contributed by atoms with Crippen molar-refractivity contribution in [1.82, 2.24) is 15.0 Å². The maximum atomic E-state index is 5.97. The summed E-state index contributed by atoms with van der Waals surface area (Å²) in [6, 6.07) is 12.6. The Morgan fingerprint density at radius 1 is 1.07 bits per heavy atom. The van der Waals surface area contributed by atoms with E-state index in [0.717, 1.165) is 42.4 Å². The topological polar surface area (TPSA) is 53.9 Å². The number of fused-ring (bicyclic) bond motifs is 1. The minimum atomic E-state index is 0.161. The number of anilines is 2. The third-order valence-corrected chi connectivity index (χ3v) is 5.19. The van der Waals surface area contributed by atoms with Crippen molar-refractivity contribution in [2.45, 2.75) is 32.9 Å². The van der Waals surface area contributed by atoms with Crippen LogP contribution in [0, 0.1) is 6.92 Å². The molecule has 0 aliphatic carbocycles. The van der Waals surface area contributed by atoms with Gasteiger partial charge in [0.25, 0.3) is 0 Å². The van der Waals surface area contributed by atoms with Crippen molar-refractivity contribution in [2.24, 2.45) is 0 Å². The lowest BCUT2D eigenvalue weighted by Crippen LogP contribution is -2.32. The highest BCUT2D eigenvalue weighted by atomic mass is 35.5. The molecule has 1 aliphatic rings. The average Bonchev–Trinajstić information content (AvgIpc) is 2.69. The van der Waals surface area contributed by atoms with E-state index >= 15 is 0 Å². The van der Waals surface area contributed by atoms with E-state index in [1.165, 1.54) is 11.1 Å². The monoisotopic (exact) mass is 379 g/mol. The van der Waals surface area contributed by atoms with Gasteiger partial charge in [0, 0.05) is 37.3 Å². The number of pyridine rings is 1. The van der Waals surface area contributed by atoms with Crippen LogP contribution < -0.4 is 10.2 Å². The second kappa shape index (κ2) is 7.53. The van der Waals surface area contributed by atoms with Crippen LogP contribution in [0.15, 0.2) is 48.9 Å². The number of hydrogen-bond donors (Lipinski definition) is 1. The van der Waals surface area contributed by atoms with Gasteiger partial charge in [-0.3, -0.25) is 0 Å². The Bertz CT molecular complexity index is 924. The second-order valence-corrected chi connectivity index (χ2v) is 7.37. The van der Waals surface area contributed by atoms with Gasteiger partial charge in [-0.15, -0.1) is 0 Å². The number of nitrogens with zero attached hydrogens (tertiary/aromatic N) is 4. The zero-order valence-electron chi connectivity index (χ0n) is 15.5. The van der Waals surface area contributed by atoms with Gasteiger partial charge in [0.2, 0.25) is 0 Å². The highest BCUT2D eigenvalue weighted by Gasteiger charge is 2.22. The van der Waals surface area contributed by atoms with Gasteiger partial charge in [0.15, 0.2) is 0 Å². The van der Waals surface area contributed by atoms with Crippen molar-refractivity contribution in [3.63, 3.8) is 0 Å². The van der Waals surface area contributed by atoms with Crippen molar-refractivity contribution in [3.05, 3.63) is 76.3 Å². The summed E-state index contributed by atoms with van der Waals surface area (Å²) in [5.41, 5.74) is 4.74. The highest BCUT2D eigenvalue weighted by molar-refractivity contribution is 6.30. The third-order valence-electron chi connectivity index (χ3n) is 4.97. The lowest BCUT2D eigenvalue weighted by atomic mass is 10.0. The minimum Gasteiger partial charge on any atom is -0.363 e. The normalized spacial score (nSPS) is 14.6. The second-order valence-electron chi connectivity index (χ2n) is 6.93. The van der Waals surface area contributed by atoms with Crippen LogP contribution in [0.1, 0.15) is 35.3 Å². The summed E-state index contributed by atoms with van der Waals surface area (Å²) in [5.74, 6) is 1.82. The molecule has 0 bridgehead atoms. The molecule has 1 atom stereocenters. The molecule has 3 aromatic rings. The standard InChI is InChI=1S/C21H22ClN5/c1-14-3-5-16(6-4-14)15(2)26-21-18-12-27(10-9-19(18)24-13-25-21)20-8-7-17(22)11-23-20/h3-8,11,13,15H,9-10,12H2,1-2H3,(H,24,25,26)/t15-/m1/s1. The number of benzene rings is 1. The average molecular weight is 380 g/mol. The summed E-state index contributed by atoms with van der Waals surface area (Å²) in [6.07, 6.45) is 4.21. The van der Waals surface area contributed by atoms with E-state index in [4.69, 9.17) is 11.6 Å². The molecule has 6 heteroatoms. The van der Waals surface area contributed by atoms with Crippen LogP contribution in [0.5, 0.6) is 0 Å². The summed E-state index contributed by atoms with van der Waals surface area (Å²) >= 11 is 5.97. The summed E-state index contributed by atoms with van der Waals surface area (Å²) < 4.78 is 0. The molecular weight excluding hydrogens is 358 g/mol. The fourth-order valence-corrected chi connectivity index (χ4v) is 3.47. The molecule has 0 spiro atoms. The third kappa shape index (κ3) is 3.88. The Morgan fingerprint density at radius 3 is 2.63 bits per heavy atom. The molecular formula is C21H22ClN5. The van der Waals surface area contributed by atoms with Crippen LogP contribution in [0.25, 0.3) is 0 Å². The Labute approximate surface area is 164 Å². The first-order valence-electron chi connectivity index (χ1n) is 9.12.